The Morgan fingerprint density at radius 1 is 1.07 bits per heavy atom. The number of nitrogens with one attached hydrogen (secondary N) is 1. The molecule has 0 saturated carbocycles. The molecule has 0 aliphatic heterocycles. The summed E-state index contributed by atoms with van der Waals surface area (Å²) < 4.78 is 40.3. The first-order valence-corrected chi connectivity index (χ1v) is 10.2. The quantitative estimate of drug-likeness (QED) is 0.775. The van der Waals surface area contributed by atoms with E-state index in [1.165, 1.54) is 23.6 Å². The van der Waals surface area contributed by atoms with Gasteiger partial charge in [0.15, 0.2) is 0 Å². The second-order valence-electron chi connectivity index (χ2n) is 7.85. The molecule has 0 aliphatic carbocycles. The summed E-state index contributed by atoms with van der Waals surface area (Å²) in [7, 11) is -3.38. The molecule has 0 heterocycles. The van der Waals surface area contributed by atoms with Gasteiger partial charge in [0.05, 0.1) is 4.90 Å². The van der Waals surface area contributed by atoms with E-state index in [9.17, 15) is 18.2 Å². The predicted molar refractivity (Wildman–Crippen MR) is 105 cm³/mol. The van der Waals surface area contributed by atoms with Gasteiger partial charge in [0.2, 0.25) is 0 Å². The lowest BCUT2D eigenvalue weighted by atomic mass is 10.2. The summed E-state index contributed by atoms with van der Waals surface area (Å²) in [4.78, 5) is 23.8. The molecule has 1 rings (SSSR count). The van der Waals surface area contributed by atoms with Gasteiger partial charge in [0, 0.05) is 12.0 Å². The summed E-state index contributed by atoms with van der Waals surface area (Å²) in [6.45, 7) is 10.1. The molecule has 0 saturated heterocycles. The number of carbonyl (C=O) groups excluding carboxylic acids is 2. The SMILES string of the molecule is CC(C)(C)OC(=O)N=S(=O)(/C=C/CNC(=O)OC(C)(C)C)c1ccc(F)cc1. The van der Waals surface area contributed by atoms with Crippen molar-refractivity contribution in [3.8, 4) is 0 Å². The minimum atomic E-state index is -3.38. The van der Waals surface area contributed by atoms with Crippen molar-refractivity contribution in [2.24, 2.45) is 4.36 Å². The molecule has 9 heteroatoms. The lowest BCUT2D eigenvalue weighted by molar-refractivity contribution is 0.0532. The van der Waals surface area contributed by atoms with E-state index in [1.54, 1.807) is 41.5 Å². The maximum atomic E-state index is 13.2. The van der Waals surface area contributed by atoms with E-state index in [0.29, 0.717) is 0 Å². The van der Waals surface area contributed by atoms with Gasteiger partial charge in [0.25, 0.3) is 0 Å². The minimum Gasteiger partial charge on any atom is -0.444 e. The van der Waals surface area contributed by atoms with Crippen molar-refractivity contribution in [1.29, 1.82) is 0 Å². The van der Waals surface area contributed by atoms with Crippen LogP contribution in [0, 0.1) is 5.82 Å². The molecule has 0 aromatic heterocycles. The number of ether oxygens (including phenoxy) is 2. The van der Waals surface area contributed by atoms with Crippen LogP contribution >= 0.6 is 0 Å². The predicted octanol–water partition coefficient (Wildman–Crippen LogP) is 4.63. The van der Waals surface area contributed by atoms with Crippen molar-refractivity contribution in [2.45, 2.75) is 57.6 Å². The molecule has 1 N–H and O–H groups in total. The van der Waals surface area contributed by atoms with Crippen LogP contribution in [-0.2, 0) is 19.2 Å². The highest BCUT2D eigenvalue weighted by Crippen LogP contribution is 2.18. The first kappa shape index (κ1) is 23.6. The summed E-state index contributed by atoms with van der Waals surface area (Å²) in [5.74, 6) is -0.515. The topological polar surface area (TPSA) is 94.1 Å². The van der Waals surface area contributed by atoms with Gasteiger partial charge < -0.3 is 14.8 Å². The smallest absolute Gasteiger partial charge is 0.442 e. The van der Waals surface area contributed by atoms with E-state index < -0.39 is 38.9 Å². The third-order valence-corrected chi connectivity index (χ3v) is 4.73. The first-order valence-electron chi connectivity index (χ1n) is 8.59. The Morgan fingerprint density at radius 3 is 2.11 bits per heavy atom. The molecular formula is C19H27FN2O5S. The largest absolute Gasteiger partial charge is 0.444 e. The number of hydrogen-bond donors (Lipinski definition) is 1. The average molecular weight is 414 g/mol. The van der Waals surface area contributed by atoms with Crippen LogP contribution in [0.3, 0.4) is 0 Å². The second kappa shape index (κ2) is 9.18. The fraction of sp³-hybridized carbons (Fsp3) is 0.474. The summed E-state index contributed by atoms with van der Waals surface area (Å²) in [6, 6.07) is 4.78. The van der Waals surface area contributed by atoms with Crippen LogP contribution in [0.1, 0.15) is 41.5 Å². The highest BCUT2D eigenvalue weighted by Gasteiger charge is 2.19. The fourth-order valence-electron chi connectivity index (χ4n) is 1.82. The fourth-order valence-corrected chi connectivity index (χ4v) is 3.28. The van der Waals surface area contributed by atoms with Gasteiger partial charge in [-0.05, 0) is 65.8 Å². The molecule has 0 spiro atoms. The monoisotopic (exact) mass is 414 g/mol. The Bertz CT molecular complexity index is 843. The number of carbonyl (C=O) groups is 2. The maximum Gasteiger partial charge on any atom is 0.442 e. The molecular weight excluding hydrogens is 387 g/mol. The van der Waals surface area contributed by atoms with E-state index >= 15 is 0 Å². The highest BCUT2D eigenvalue weighted by molar-refractivity contribution is 7.96. The van der Waals surface area contributed by atoms with Crippen molar-refractivity contribution in [2.75, 3.05) is 6.54 Å². The van der Waals surface area contributed by atoms with Crippen LogP contribution in [0.2, 0.25) is 0 Å². The van der Waals surface area contributed by atoms with E-state index in [-0.39, 0.29) is 11.4 Å². The Hall–Kier alpha value is -2.42. The second-order valence-corrected chi connectivity index (χ2v) is 9.91. The molecule has 1 atom stereocenters. The summed E-state index contributed by atoms with van der Waals surface area (Å²) in [5.41, 5.74) is -1.47. The van der Waals surface area contributed by atoms with Gasteiger partial charge in [0.1, 0.15) is 26.7 Å². The molecule has 0 aliphatic rings. The maximum absolute atomic E-state index is 13.2. The molecule has 1 aromatic rings. The third kappa shape index (κ3) is 8.98. The van der Waals surface area contributed by atoms with Gasteiger partial charge in [-0.3, -0.25) is 0 Å². The summed E-state index contributed by atoms with van der Waals surface area (Å²) in [6.07, 6.45) is -0.273. The Kier molecular flexibility index (Phi) is 7.75. The average Bonchev–Trinajstić information content (AvgIpc) is 2.48. The number of halogens is 1. The van der Waals surface area contributed by atoms with Crippen LogP contribution in [-0.4, -0.2) is 34.1 Å². The van der Waals surface area contributed by atoms with Crippen LogP contribution in [0.15, 0.2) is 45.0 Å². The number of hydrogen-bond acceptors (Lipinski definition) is 5. The molecule has 1 aromatic carbocycles. The lowest BCUT2D eigenvalue weighted by Crippen LogP contribution is -2.32. The Balaban J connectivity index is 3.05. The number of alkyl carbamates (subject to hydrolysis) is 1. The number of amides is 2. The minimum absolute atomic E-state index is 0.00304. The van der Waals surface area contributed by atoms with Crippen molar-refractivity contribution >= 4 is 21.9 Å². The molecule has 156 valence electrons. The normalized spacial score (nSPS) is 14.2. The van der Waals surface area contributed by atoms with E-state index in [1.807, 2.05) is 0 Å². The van der Waals surface area contributed by atoms with E-state index in [0.717, 1.165) is 12.1 Å². The number of benzene rings is 1. The van der Waals surface area contributed by atoms with E-state index in [2.05, 4.69) is 9.68 Å². The van der Waals surface area contributed by atoms with Crippen molar-refractivity contribution < 1.29 is 27.7 Å². The third-order valence-electron chi connectivity index (χ3n) is 2.80. The lowest BCUT2D eigenvalue weighted by Gasteiger charge is -2.19. The number of rotatable bonds is 4. The summed E-state index contributed by atoms with van der Waals surface area (Å²) in [5, 5.41) is 3.65. The molecule has 1 unspecified atom stereocenters. The molecule has 7 nitrogen and oxygen atoms in total. The van der Waals surface area contributed by atoms with Gasteiger partial charge in [-0.15, -0.1) is 4.36 Å². The van der Waals surface area contributed by atoms with Crippen molar-refractivity contribution in [1.82, 2.24) is 5.32 Å². The highest BCUT2D eigenvalue weighted by atomic mass is 32.2. The molecule has 2 amide bonds. The van der Waals surface area contributed by atoms with E-state index in [4.69, 9.17) is 9.47 Å². The first-order chi connectivity index (χ1) is 12.7. The van der Waals surface area contributed by atoms with Crippen LogP contribution in [0.5, 0.6) is 0 Å². The van der Waals surface area contributed by atoms with Gasteiger partial charge in [-0.25, -0.2) is 18.2 Å². The molecule has 28 heavy (non-hydrogen) atoms. The van der Waals surface area contributed by atoms with Gasteiger partial charge in [-0.2, -0.15) is 0 Å². The standard InChI is InChI=1S/C19H27FN2O5S/c1-18(2,3)26-16(23)21-12-7-13-28(25,15-10-8-14(20)9-11-15)22-17(24)27-19(4,5)6/h7-11,13H,12H2,1-6H3,(H,21,23)/b13-7+. The Labute approximate surface area is 165 Å². The van der Waals surface area contributed by atoms with Gasteiger partial charge in [-0.1, -0.05) is 6.08 Å². The molecule has 0 radical (unpaired) electrons. The zero-order chi connectivity index (χ0) is 21.6. The molecule has 0 fully saturated rings. The molecule has 0 bridgehead atoms. The zero-order valence-electron chi connectivity index (χ0n) is 16.9. The van der Waals surface area contributed by atoms with Gasteiger partial charge >= 0.3 is 12.2 Å². The number of nitrogens with zero attached hydrogens (tertiary/aromatic N) is 1. The van der Waals surface area contributed by atoms with Crippen molar-refractivity contribution in [3.63, 3.8) is 0 Å². The summed E-state index contributed by atoms with van der Waals surface area (Å²) >= 11 is 0. The zero-order valence-corrected chi connectivity index (χ0v) is 17.8. The van der Waals surface area contributed by atoms with Crippen molar-refractivity contribution in [3.05, 3.63) is 41.6 Å². The van der Waals surface area contributed by atoms with Crippen LogP contribution in [0.25, 0.3) is 0 Å². The Morgan fingerprint density at radius 2 is 1.61 bits per heavy atom. The van der Waals surface area contributed by atoms with Crippen LogP contribution in [0.4, 0.5) is 14.0 Å². The van der Waals surface area contributed by atoms with Crippen LogP contribution < -0.4 is 5.32 Å².